The molecule has 1 rings (SSSR count). The molecule has 0 aromatic heterocycles. The van der Waals surface area contributed by atoms with Crippen molar-refractivity contribution >= 4 is 12.0 Å². The molecule has 5 heteroatoms. The number of carbonyl (C=O) groups excluding carboxylic acids is 1. The van der Waals surface area contributed by atoms with Crippen LogP contribution in [0.3, 0.4) is 0 Å². The van der Waals surface area contributed by atoms with E-state index in [1.54, 1.807) is 6.08 Å². The fourth-order valence-electron chi connectivity index (χ4n) is 3.65. The Hall–Kier alpha value is -2.17. The molecule has 1 atom stereocenters. The molecule has 0 saturated carbocycles. The van der Waals surface area contributed by atoms with Gasteiger partial charge in [0.2, 0.25) is 0 Å². The Morgan fingerprint density at radius 2 is 1.17 bits per heavy atom. The zero-order chi connectivity index (χ0) is 26.4. The van der Waals surface area contributed by atoms with E-state index in [0.717, 1.165) is 50.5 Å². The maximum Gasteiger partial charge on any atom is 0.331 e. The summed E-state index contributed by atoms with van der Waals surface area (Å²) in [6.07, 6.45) is 17.6. The van der Waals surface area contributed by atoms with Crippen molar-refractivity contribution < 1.29 is 23.7 Å². The summed E-state index contributed by atoms with van der Waals surface area (Å²) < 4.78 is 23.9. The molecule has 1 unspecified atom stereocenters. The number of unbranched alkanes of at least 4 members (excludes halogenated alkanes) is 9. The summed E-state index contributed by atoms with van der Waals surface area (Å²) in [5.74, 6) is 1.78. The molecule has 0 fully saturated rings. The van der Waals surface area contributed by atoms with Gasteiger partial charge in [-0.2, -0.15) is 0 Å². The van der Waals surface area contributed by atoms with Crippen LogP contribution in [0.15, 0.2) is 18.2 Å². The largest absolute Gasteiger partial charge is 0.493 e. The first kappa shape index (κ1) is 31.9. The first-order valence-corrected chi connectivity index (χ1v) is 14.5. The van der Waals surface area contributed by atoms with Crippen molar-refractivity contribution in [1.82, 2.24) is 0 Å². The minimum Gasteiger partial charge on any atom is -0.493 e. The van der Waals surface area contributed by atoms with Crippen LogP contribution in [0.2, 0.25) is 0 Å². The summed E-state index contributed by atoms with van der Waals surface area (Å²) in [4.78, 5) is 12.3. The van der Waals surface area contributed by atoms with Gasteiger partial charge in [0, 0.05) is 17.7 Å². The van der Waals surface area contributed by atoms with E-state index in [-0.39, 0.29) is 12.1 Å². The van der Waals surface area contributed by atoms with Crippen molar-refractivity contribution in [2.24, 2.45) is 0 Å². The Balaban J connectivity index is 3.09. The van der Waals surface area contributed by atoms with E-state index in [0.29, 0.717) is 37.1 Å². The highest BCUT2D eigenvalue weighted by Crippen LogP contribution is 2.36. The van der Waals surface area contributed by atoms with E-state index < -0.39 is 0 Å². The molecular formula is C31H52O5. The number of carbonyl (C=O) groups is 1. The molecule has 0 radical (unpaired) electrons. The lowest BCUT2D eigenvalue weighted by Gasteiger charge is -2.17. The monoisotopic (exact) mass is 504 g/mol. The topological polar surface area (TPSA) is 54.0 Å². The number of hydrogen-bond donors (Lipinski definition) is 0. The fourth-order valence-corrected chi connectivity index (χ4v) is 3.65. The standard InChI is InChI=1S/C31H52O5/c1-6-10-13-16-21-33-28-25-30(35-23-18-15-12-8-3)29(34-22-17-14-11-7-2)24-27(28)19-20-31(32)36-26(5)9-4/h19-20,24-26H,6-18,21-23H2,1-5H3. The molecule has 206 valence electrons. The van der Waals surface area contributed by atoms with Gasteiger partial charge in [-0.05, 0) is 44.7 Å². The molecule has 36 heavy (non-hydrogen) atoms. The van der Waals surface area contributed by atoms with Crippen LogP contribution in [-0.4, -0.2) is 31.9 Å². The predicted molar refractivity (Wildman–Crippen MR) is 150 cm³/mol. The minimum atomic E-state index is -0.350. The van der Waals surface area contributed by atoms with Gasteiger partial charge in [0.25, 0.3) is 0 Å². The lowest BCUT2D eigenvalue weighted by atomic mass is 10.1. The third-order valence-corrected chi connectivity index (χ3v) is 6.13. The predicted octanol–water partition coefficient (Wildman–Crippen LogP) is 8.92. The van der Waals surface area contributed by atoms with Gasteiger partial charge >= 0.3 is 5.97 Å². The number of hydrogen-bond acceptors (Lipinski definition) is 5. The molecule has 0 bridgehead atoms. The smallest absolute Gasteiger partial charge is 0.331 e. The summed E-state index contributed by atoms with van der Waals surface area (Å²) in [5.41, 5.74) is 0.800. The van der Waals surface area contributed by atoms with E-state index in [1.807, 2.05) is 26.0 Å². The second-order valence-corrected chi connectivity index (χ2v) is 9.55. The molecule has 0 spiro atoms. The molecular weight excluding hydrogens is 452 g/mol. The average Bonchev–Trinajstić information content (AvgIpc) is 2.88. The molecule has 1 aromatic carbocycles. The van der Waals surface area contributed by atoms with E-state index >= 15 is 0 Å². The number of rotatable bonds is 22. The molecule has 0 saturated heterocycles. The average molecular weight is 505 g/mol. The zero-order valence-corrected chi connectivity index (χ0v) is 23.7. The first-order chi connectivity index (χ1) is 17.5. The normalized spacial score (nSPS) is 12.0. The highest BCUT2D eigenvalue weighted by molar-refractivity contribution is 5.88. The third-order valence-electron chi connectivity index (χ3n) is 6.13. The molecule has 0 heterocycles. The zero-order valence-electron chi connectivity index (χ0n) is 23.7. The van der Waals surface area contributed by atoms with Crippen LogP contribution in [0.25, 0.3) is 6.08 Å². The van der Waals surface area contributed by atoms with Gasteiger partial charge in [0.05, 0.1) is 25.9 Å². The summed E-state index contributed by atoms with van der Waals surface area (Å²) >= 11 is 0. The van der Waals surface area contributed by atoms with Crippen molar-refractivity contribution in [3.63, 3.8) is 0 Å². The molecule has 1 aromatic rings. The van der Waals surface area contributed by atoms with Crippen LogP contribution in [0.4, 0.5) is 0 Å². The van der Waals surface area contributed by atoms with E-state index in [2.05, 4.69) is 20.8 Å². The number of benzene rings is 1. The molecule has 0 aliphatic heterocycles. The Morgan fingerprint density at radius 1 is 0.694 bits per heavy atom. The molecule has 0 aliphatic rings. The molecule has 0 aliphatic carbocycles. The van der Waals surface area contributed by atoms with E-state index in [4.69, 9.17) is 18.9 Å². The van der Waals surface area contributed by atoms with Crippen molar-refractivity contribution in [3.8, 4) is 17.2 Å². The summed E-state index contributed by atoms with van der Waals surface area (Å²) in [5, 5.41) is 0. The minimum absolute atomic E-state index is 0.109. The molecule has 5 nitrogen and oxygen atoms in total. The maximum atomic E-state index is 12.3. The van der Waals surface area contributed by atoms with Gasteiger partial charge in [0.15, 0.2) is 11.5 Å². The van der Waals surface area contributed by atoms with E-state index in [1.165, 1.54) is 44.6 Å². The first-order valence-electron chi connectivity index (χ1n) is 14.5. The van der Waals surface area contributed by atoms with Crippen LogP contribution in [0.5, 0.6) is 17.2 Å². The second kappa shape index (κ2) is 21.0. The third kappa shape index (κ3) is 14.4. The van der Waals surface area contributed by atoms with Crippen LogP contribution >= 0.6 is 0 Å². The van der Waals surface area contributed by atoms with Crippen molar-refractivity contribution in [3.05, 3.63) is 23.8 Å². The summed E-state index contributed by atoms with van der Waals surface area (Å²) in [7, 11) is 0. The highest BCUT2D eigenvalue weighted by atomic mass is 16.5. The van der Waals surface area contributed by atoms with Crippen LogP contribution in [0, 0.1) is 0 Å². The molecule has 0 N–H and O–H groups in total. The van der Waals surface area contributed by atoms with Crippen molar-refractivity contribution in [2.45, 2.75) is 124 Å². The summed E-state index contributed by atoms with van der Waals surface area (Å²) in [6, 6.07) is 3.87. The van der Waals surface area contributed by atoms with Gasteiger partial charge in [-0.15, -0.1) is 0 Å². The highest BCUT2D eigenvalue weighted by Gasteiger charge is 2.14. The maximum absolute atomic E-state index is 12.3. The van der Waals surface area contributed by atoms with Gasteiger partial charge in [-0.1, -0.05) is 85.5 Å². The number of esters is 1. The van der Waals surface area contributed by atoms with E-state index in [9.17, 15) is 4.79 Å². The van der Waals surface area contributed by atoms with Crippen molar-refractivity contribution in [1.29, 1.82) is 0 Å². The SMILES string of the molecule is CCCCCCOc1cc(OCCCCCC)c(OCCCCCC)cc1C=CC(=O)OC(C)CC. The Kier molecular flexibility index (Phi) is 18.6. The van der Waals surface area contributed by atoms with Gasteiger partial charge in [0.1, 0.15) is 5.75 Å². The quantitative estimate of drug-likeness (QED) is 0.0896. The van der Waals surface area contributed by atoms with Gasteiger partial charge in [-0.25, -0.2) is 4.79 Å². The lowest BCUT2D eigenvalue weighted by molar-refractivity contribution is -0.142. The van der Waals surface area contributed by atoms with Crippen LogP contribution in [-0.2, 0) is 9.53 Å². The second-order valence-electron chi connectivity index (χ2n) is 9.55. The Bertz CT molecular complexity index is 728. The van der Waals surface area contributed by atoms with Crippen LogP contribution < -0.4 is 14.2 Å². The Morgan fingerprint density at radius 3 is 1.64 bits per heavy atom. The number of ether oxygens (including phenoxy) is 4. The Labute approximate surface area is 220 Å². The lowest BCUT2D eigenvalue weighted by Crippen LogP contribution is -2.11. The van der Waals surface area contributed by atoms with Crippen LogP contribution in [0.1, 0.15) is 124 Å². The summed E-state index contributed by atoms with van der Waals surface area (Å²) in [6.45, 7) is 12.4. The van der Waals surface area contributed by atoms with Crippen molar-refractivity contribution in [2.75, 3.05) is 19.8 Å². The fraction of sp³-hybridized carbons (Fsp3) is 0.710. The van der Waals surface area contributed by atoms with Gasteiger partial charge in [-0.3, -0.25) is 0 Å². The van der Waals surface area contributed by atoms with Gasteiger partial charge < -0.3 is 18.9 Å². The molecule has 0 amide bonds.